The lowest BCUT2D eigenvalue weighted by atomic mass is 10.2. The minimum atomic E-state index is -1.06. The number of nitrogens with zero attached hydrogens (tertiary/aromatic N) is 1. The van der Waals surface area contributed by atoms with Crippen molar-refractivity contribution in [1.29, 1.82) is 0 Å². The maximum absolute atomic E-state index is 11.6. The molecule has 0 amide bonds. The summed E-state index contributed by atoms with van der Waals surface area (Å²) in [4.78, 5) is 22.0. The first-order valence-electron chi connectivity index (χ1n) is 4.84. The molecule has 1 heterocycles. The largest absolute Gasteiger partial charge is 0.480 e. The van der Waals surface area contributed by atoms with Crippen LogP contribution in [0.15, 0.2) is 32.8 Å². The van der Waals surface area contributed by atoms with E-state index in [1.165, 1.54) is 4.57 Å². The summed E-state index contributed by atoms with van der Waals surface area (Å²) in [5.41, 5.74) is 1.16. The third-order valence-electron chi connectivity index (χ3n) is 2.28. The average molecular weight is 349 g/mol. The third-order valence-corrected chi connectivity index (χ3v) is 3.85. The Labute approximate surface area is 120 Å². The van der Waals surface area contributed by atoms with Gasteiger partial charge in [0.15, 0.2) is 0 Å². The highest BCUT2D eigenvalue weighted by Gasteiger charge is 2.14. The van der Waals surface area contributed by atoms with Crippen LogP contribution in [0.5, 0.6) is 0 Å². The molecule has 0 radical (unpaired) electrons. The van der Waals surface area contributed by atoms with E-state index in [0.29, 0.717) is 16.3 Å². The van der Waals surface area contributed by atoms with Gasteiger partial charge >= 0.3 is 10.8 Å². The molecule has 0 spiro atoms. The zero-order chi connectivity index (χ0) is 13.3. The van der Waals surface area contributed by atoms with E-state index in [1.54, 1.807) is 23.6 Å². The predicted molar refractivity (Wildman–Crippen MR) is 74.4 cm³/mol. The fourth-order valence-electron chi connectivity index (χ4n) is 1.52. The highest BCUT2D eigenvalue weighted by Crippen LogP contribution is 2.30. The summed E-state index contributed by atoms with van der Waals surface area (Å²) < 4.78 is 2.01. The molecule has 0 saturated carbocycles. The van der Waals surface area contributed by atoms with Crippen molar-refractivity contribution >= 4 is 44.8 Å². The number of aliphatic carboxylic acids is 1. The standard InChI is InChI=1S/C11H7BrClNO3S/c12-6-1-2-7(8(13)3-6)9-5-18-11(17)14(9)4-10(15)16/h1-3,5H,4H2,(H,15,16). The van der Waals surface area contributed by atoms with Crippen LogP contribution in [0.25, 0.3) is 11.3 Å². The average Bonchev–Trinajstić information content (AvgIpc) is 2.60. The second-order valence-electron chi connectivity index (χ2n) is 3.49. The molecule has 94 valence electrons. The first-order chi connectivity index (χ1) is 8.49. The van der Waals surface area contributed by atoms with Gasteiger partial charge in [0.25, 0.3) is 0 Å². The highest BCUT2D eigenvalue weighted by atomic mass is 79.9. The van der Waals surface area contributed by atoms with E-state index < -0.39 is 5.97 Å². The normalized spacial score (nSPS) is 10.6. The molecule has 0 aliphatic carbocycles. The number of thiazole rings is 1. The molecule has 0 aliphatic heterocycles. The van der Waals surface area contributed by atoms with Crippen molar-refractivity contribution in [2.24, 2.45) is 0 Å². The first-order valence-corrected chi connectivity index (χ1v) is 6.89. The van der Waals surface area contributed by atoms with Crippen molar-refractivity contribution in [2.75, 3.05) is 0 Å². The van der Waals surface area contributed by atoms with Crippen molar-refractivity contribution in [3.05, 3.63) is 42.7 Å². The van der Waals surface area contributed by atoms with Gasteiger partial charge in [-0.25, -0.2) is 0 Å². The van der Waals surface area contributed by atoms with Gasteiger partial charge < -0.3 is 5.11 Å². The number of carboxylic acids is 1. The quantitative estimate of drug-likeness (QED) is 0.927. The maximum Gasteiger partial charge on any atom is 0.323 e. The predicted octanol–water partition coefficient (Wildman–Crippen LogP) is 3.08. The Morgan fingerprint density at radius 1 is 1.50 bits per heavy atom. The van der Waals surface area contributed by atoms with Gasteiger partial charge in [-0.3, -0.25) is 14.2 Å². The number of rotatable bonds is 3. The van der Waals surface area contributed by atoms with Gasteiger partial charge in [0.05, 0.1) is 10.7 Å². The Bertz CT molecular complexity index is 665. The molecule has 1 N–H and O–H groups in total. The molecular weight excluding hydrogens is 342 g/mol. The zero-order valence-corrected chi connectivity index (χ0v) is 12.1. The minimum Gasteiger partial charge on any atom is -0.480 e. The number of benzene rings is 1. The monoisotopic (exact) mass is 347 g/mol. The van der Waals surface area contributed by atoms with Crippen LogP contribution in [-0.4, -0.2) is 15.6 Å². The number of aromatic nitrogens is 1. The smallest absolute Gasteiger partial charge is 0.323 e. The lowest BCUT2D eigenvalue weighted by Gasteiger charge is -2.07. The Morgan fingerprint density at radius 3 is 2.83 bits per heavy atom. The second kappa shape index (κ2) is 5.26. The maximum atomic E-state index is 11.6. The molecule has 18 heavy (non-hydrogen) atoms. The van der Waals surface area contributed by atoms with Gasteiger partial charge in [-0.15, -0.1) is 0 Å². The van der Waals surface area contributed by atoms with E-state index in [9.17, 15) is 9.59 Å². The fraction of sp³-hybridized carbons (Fsp3) is 0.0909. The summed E-state index contributed by atoms with van der Waals surface area (Å²) in [6, 6.07) is 5.23. The van der Waals surface area contributed by atoms with Crippen LogP contribution in [0.4, 0.5) is 0 Å². The molecule has 2 aromatic rings. The zero-order valence-electron chi connectivity index (χ0n) is 8.89. The summed E-state index contributed by atoms with van der Waals surface area (Å²) in [7, 11) is 0. The van der Waals surface area contributed by atoms with E-state index in [0.717, 1.165) is 15.8 Å². The molecule has 0 aliphatic rings. The molecule has 4 nitrogen and oxygen atoms in total. The van der Waals surface area contributed by atoms with Gasteiger partial charge in [0.1, 0.15) is 6.54 Å². The summed E-state index contributed by atoms with van der Waals surface area (Å²) in [6.07, 6.45) is 0. The van der Waals surface area contributed by atoms with Crippen molar-refractivity contribution < 1.29 is 9.90 Å². The minimum absolute atomic E-state index is 0.314. The van der Waals surface area contributed by atoms with Crippen LogP contribution < -0.4 is 4.87 Å². The van der Waals surface area contributed by atoms with E-state index in [1.807, 2.05) is 0 Å². The third kappa shape index (κ3) is 2.66. The lowest BCUT2D eigenvalue weighted by molar-refractivity contribution is -0.137. The molecule has 0 unspecified atom stereocenters. The van der Waals surface area contributed by atoms with Crippen molar-refractivity contribution in [2.45, 2.75) is 6.54 Å². The van der Waals surface area contributed by atoms with Crippen molar-refractivity contribution in [3.63, 3.8) is 0 Å². The Balaban J connectivity index is 2.57. The van der Waals surface area contributed by atoms with Crippen LogP contribution in [0.2, 0.25) is 5.02 Å². The molecule has 0 fully saturated rings. The summed E-state index contributed by atoms with van der Waals surface area (Å²) >= 11 is 10.3. The van der Waals surface area contributed by atoms with E-state index >= 15 is 0 Å². The fourth-order valence-corrected chi connectivity index (χ4v) is 3.05. The highest BCUT2D eigenvalue weighted by molar-refractivity contribution is 9.10. The van der Waals surface area contributed by atoms with Crippen LogP contribution in [0.3, 0.4) is 0 Å². The Hall–Kier alpha value is -1.11. The molecule has 0 atom stereocenters. The Morgan fingerprint density at radius 2 is 2.22 bits per heavy atom. The molecule has 0 bridgehead atoms. The lowest BCUT2D eigenvalue weighted by Crippen LogP contribution is -2.19. The molecule has 2 rings (SSSR count). The van der Waals surface area contributed by atoms with Crippen LogP contribution >= 0.6 is 38.9 Å². The molecule has 7 heteroatoms. The van der Waals surface area contributed by atoms with Crippen molar-refractivity contribution in [1.82, 2.24) is 4.57 Å². The first kappa shape index (κ1) is 13.3. The summed E-state index contributed by atoms with van der Waals surface area (Å²) in [6.45, 7) is -0.371. The molecule has 1 aromatic carbocycles. The summed E-state index contributed by atoms with van der Waals surface area (Å²) in [5.74, 6) is -1.06. The van der Waals surface area contributed by atoms with E-state index in [2.05, 4.69) is 15.9 Å². The molecule has 1 aromatic heterocycles. The molecular formula is C11H7BrClNO3S. The van der Waals surface area contributed by atoms with Crippen LogP contribution in [-0.2, 0) is 11.3 Å². The summed E-state index contributed by atoms with van der Waals surface area (Å²) in [5, 5.41) is 10.9. The molecule has 0 saturated heterocycles. The van der Waals surface area contributed by atoms with Gasteiger partial charge in [0, 0.05) is 15.4 Å². The SMILES string of the molecule is O=C(O)Cn1c(-c2ccc(Br)cc2Cl)csc1=O. The van der Waals surface area contributed by atoms with Gasteiger partial charge in [-0.2, -0.15) is 0 Å². The number of hydrogen-bond acceptors (Lipinski definition) is 3. The van der Waals surface area contributed by atoms with Gasteiger partial charge in [0.2, 0.25) is 0 Å². The topological polar surface area (TPSA) is 59.3 Å². The Kier molecular flexibility index (Phi) is 3.89. The van der Waals surface area contributed by atoms with E-state index in [4.69, 9.17) is 16.7 Å². The van der Waals surface area contributed by atoms with Gasteiger partial charge in [-0.05, 0) is 12.1 Å². The van der Waals surface area contributed by atoms with Gasteiger partial charge in [-0.1, -0.05) is 44.9 Å². The van der Waals surface area contributed by atoms with Crippen LogP contribution in [0, 0.1) is 0 Å². The van der Waals surface area contributed by atoms with Crippen molar-refractivity contribution in [3.8, 4) is 11.3 Å². The number of carbonyl (C=O) groups is 1. The number of hydrogen-bond donors (Lipinski definition) is 1. The second-order valence-corrected chi connectivity index (χ2v) is 5.63. The van der Waals surface area contributed by atoms with E-state index in [-0.39, 0.29) is 11.4 Å². The number of halogens is 2. The van der Waals surface area contributed by atoms with Crippen LogP contribution in [0.1, 0.15) is 0 Å². The number of carboxylic acid groups (broad SMARTS) is 1.